The largest absolute Gasteiger partial charge is 0.344 e. The minimum Gasteiger partial charge on any atom is -0.344 e. The van der Waals surface area contributed by atoms with Gasteiger partial charge in [0.1, 0.15) is 0 Å². The average Bonchev–Trinajstić information content (AvgIpc) is 2.71. The van der Waals surface area contributed by atoms with Crippen molar-refractivity contribution in [2.45, 2.75) is 0 Å². The normalized spacial score (nSPS) is 10.4. The van der Waals surface area contributed by atoms with Gasteiger partial charge < -0.3 is 4.57 Å². The molecule has 0 bridgehead atoms. The van der Waals surface area contributed by atoms with Gasteiger partial charge in [-0.1, -0.05) is 6.07 Å². The Bertz CT molecular complexity index is 857. The molecule has 3 aromatic rings. The number of hydrogen-bond acceptors (Lipinski definition) is 2. The van der Waals surface area contributed by atoms with Crippen molar-refractivity contribution >= 4 is 21.8 Å². The van der Waals surface area contributed by atoms with Crippen LogP contribution < -0.4 is 0 Å². The van der Waals surface area contributed by atoms with E-state index >= 15 is 0 Å². The topological polar surface area (TPSA) is 52.5 Å². The van der Waals surface area contributed by atoms with Crippen LogP contribution in [0.4, 0.5) is 0 Å². The van der Waals surface area contributed by atoms with Gasteiger partial charge in [-0.2, -0.15) is 10.5 Å². The predicted octanol–water partition coefficient (Wildman–Crippen LogP) is 3.07. The quantitative estimate of drug-likeness (QED) is 0.597. The molecule has 0 aliphatic heterocycles. The molecule has 0 atom stereocenters. The number of aromatic nitrogens is 1. The molecular formula is C15H9N3. The van der Waals surface area contributed by atoms with Gasteiger partial charge in [-0.3, -0.25) is 0 Å². The van der Waals surface area contributed by atoms with Gasteiger partial charge in [-0.05, 0) is 30.3 Å². The van der Waals surface area contributed by atoms with Crippen molar-refractivity contribution in [3.63, 3.8) is 0 Å². The third kappa shape index (κ3) is 1.28. The molecule has 0 fully saturated rings. The van der Waals surface area contributed by atoms with E-state index in [4.69, 9.17) is 10.5 Å². The highest BCUT2D eigenvalue weighted by molar-refractivity contribution is 6.08. The summed E-state index contributed by atoms with van der Waals surface area (Å²) in [6.45, 7) is 0. The third-order valence-electron chi connectivity index (χ3n) is 3.27. The fraction of sp³-hybridized carbons (Fsp3) is 0.0667. The Kier molecular flexibility index (Phi) is 2.08. The van der Waals surface area contributed by atoms with E-state index in [-0.39, 0.29) is 0 Å². The molecule has 3 heteroatoms. The first-order chi connectivity index (χ1) is 8.74. The van der Waals surface area contributed by atoms with Crippen molar-refractivity contribution in [2.75, 3.05) is 0 Å². The smallest absolute Gasteiger partial charge is 0.0992 e. The Hall–Kier alpha value is -2.78. The van der Waals surface area contributed by atoms with Crippen LogP contribution in [0.25, 0.3) is 21.8 Å². The second kappa shape index (κ2) is 3.61. The minimum atomic E-state index is 0.647. The molecule has 0 saturated heterocycles. The molecule has 0 saturated carbocycles. The van der Waals surface area contributed by atoms with Gasteiger partial charge in [0.15, 0.2) is 0 Å². The van der Waals surface area contributed by atoms with Gasteiger partial charge in [0.2, 0.25) is 0 Å². The van der Waals surface area contributed by atoms with Gasteiger partial charge in [0.05, 0.1) is 28.8 Å². The molecule has 0 spiro atoms. The summed E-state index contributed by atoms with van der Waals surface area (Å²) < 4.78 is 2.05. The molecule has 0 amide bonds. The first kappa shape index (κ1) is 10.4. The molecule has 84 valence electrons. The maximum absolute atomic E-state index is 8.96. The van der Waals surface area contributed by atoms with E-state index < -0.39 is 0 Å². The van der Waals surface area contributed by atoms with E-state index in [9.17, 15) is 0 Å². The van der Waals surface area contributed by atoms with E-state index in [1.807, 2.05) is 41.9 Å². The predicted molar refractivity (Wildman–Crippen MR) is 69.9 cm³/mol. The van der Waals surface area contributed by atoms with Crippen molar-refractivity contribution in [1.82, 2.24) is 4.57 Å². The molecule has 1 aromatic heterocycles. The molecule has 3 rings (SSSR count). The Balaban J connectivity index is 2.52. The number of nitriles is 2. The second-order valence-electron chi connectivity index (χ2n) is 4.25. The summed E-state index contributed by atoms with van der Waals surface area (Å²) in [6.07, 6.45) is 0. The molecule has 18 heavy (non-hydrogen) atoms. The van der Waals surface area contributed by atoms with Crippen molar-refractivity contribution in [2.24, 2.45) is 7.05 Å². The van der Waals surface area contributed by atoms with Gasteiger partial charge in [0, 0.05) is 23.3 Å². The highest BCUT2D eigenvalue weighted by atomic mass is 14.9. The Labute approximate surface area is 104 Å². The molecule has 0 aliphatic rings. The maximum Gasteiger partial charge on any atom is 0.0992 e. The Morgan fingerprint density at radius 3 is 2.22 bits per heavy atom. The fourth-order valence-electron chi connectivity index (χ4n) is 2.35. The monoisotopic (exact) mass is 231 g/mol. The van der Waals surface area contributed by atoms with E-state index in [2.05, 4.69) is 12.1 Å². The zero-order chi connectivity index (χ0) is 12.7. The van der Waals surface area contributed by atoms with E-state index in [0.29, 0.717) is 11.1 Å². The molecule has 1 heterocycles. The number of benzene rings is 2. The Morgan fingerprint density at radius 1 is 0.833 bits per heavy atom. The molecular weight excluding hydrogens is 222 g/mol. The molecule has 2 aromatic carbocycles. The molecule has 0 unspecified atom stereocenters. The second-order valence-corrected chi connectivity index (χ2v) is 4.25. The third-order valence-corrected chi connectivity index (χ3v) is 3.27. The summed E-state index contributed by atoms with van der Waals surface area (Å²) in [4.78, 5) is 0. The number of aryl methyl sites for hydroxylation is 1. The lowest BCUT2D eigenvalue weighted by Crippen LogP contribution is -1.87. The molecule has 0 radical (unpaired) electrons. The highest BCUT2D eigenvalue weighted by Crippen LogP contribution is 2.29. The summed E-state index contributed by atoms with van der Waals surface area (Å²) >= 11 is 0. The van der Waals surface area contributed by atoms with Gasteiger partial charge in [0.25, 0.3) is 0 Å². The lowest BCUT2D eigenvalue weighted by Gasteiger charge is -1.97. The zero-order valence-corrected chi connectivity index (χ0v) is 9.81. The fourth-order valence-corrected chi connectivity index (χ4v) is 2.35. The SMILES string of the molecule is Cn1c2ccc(C#N)cc2c2ccc(C#N)cc21. The van der Waals surface area contributed by atoms with Crippen molar-refractivity contribution in [3.05, 3.63) is 47.5 Å². The number of hydrogen-bond donors (Lipinski definition) is 0. The van der Waals surface area contributed by atoms with Gasteiger partial charge in [-0.15, -0.1) is 0 Å². The van der Waals surface area contributed by atoms with Crippen molar-refractivity contribution in [1.29, 1.82) is 10.5 Å². The van der Waals surface area contributed by atoms with Crippen LogP contribution >= 0.6 is 0 Å². The zero-order valence-electron chi connectivity index (χ0n) is 9.81. The first-order valence-electron chi connectivity index (χ1n) is 5.57. The summed E-state index contributed by atoms with van der Waals surface area (Å²) in [7, 11) is 1.97. The number of rotatable bonds is 0. The number of nitrogens with zero attached hydrogens (tertiary/aromatic N) is 3. The molecule has 0 N–H and O–H groups in total. The van der Waals surface area contributed by atoms with Crippen LogP contribution in [-0.2, 0) is 7.05 Å². The molecule has 0 aliphatic carbocycles. The van der Waals surface area contributed by atoms with Crippen LogP contribution in [0, 0.1) is 22.7 Å². The summed E-state index contributed by atoms with van der Waals surface area (Å²) in [6, 6.07) is 15.6. The van der Waals surface area contributed by atoms with E-state index in [0.717, 1.165) is 21.8 Å². The lowest BCUT2D eigenvalue weighted by atomic mass is 10.1. The van der Waals surface area contributed by atoms with Crippen LogP contribution in [0.15, 0.2) is 36.4 Å². The van der Waals surface area contributed by atoms with Crippen LogP contribution in [-0.4, -0.2) is 4.57 Å². The first-order valence-corrected chi connectivity index (χ1v) is 5.57. The number of fused-ring (bicyclic) bond motifs is 3. The summed E-state index contributed by atoms with van der Waals surface area (Å²) in [5.41, 5.74) is 3.38. The Morgan fingerprint density at radius 2 is 1.50 bits per heavy atom. The van der Waals surface area contributed by atoms with Gasteiger partial charge in [-0.25, -0.2) is 0 Å². The average molecular weight is 231 g/mol. The molecule has 3 nitrogen and oxygen atoms in total. The van der Waals surface area contributed by atoms with Crippen LogP contribution in [0.2, 0.25) is 0 Å². The van der Waals surface area contributed by atoms with E-state index in [1.54, 1.807) is 6.07 Å². The van der Waals surface area contributed by atoms with Crippen LogP contribution in [0.3, 0.4) is 0 Å². The van der Waals surface area contributed by atoms with Crippen molar-refractivity contribution < 1.29 is 0 Å². The minimum absolute atomic E-state index is 0.647. The van der Waals surface area contributed by atoms with E-state index in [1.165, 1.54) is 0 Å². The standard InChI is InChI=1S/C15H9N3/c1-18-14-5-3-10(8-16)6-13(14)12-4-2-11(9-17)7-15(12)18/h2-7H,1H3. The summed E-state index contributed by atoms with van der Waals surface area (Å²) in [5.74, 6) is 0. The lowest BCUT2D eigenvalue weighted by molar-refractivity contribution is 1.01. The van der Waals surface area contributed by atoms with Crippen LogP contribution in [0.5, 0.6) is 0 Å². The van der Waals surface area contributed by atoms with Crippen LogP contribution in [0.1, 0.15) is 11.1 Å². The summed E-state index contributed by atoms with van der Waals surface area (Å²) in [5, 5.41) is 20.0. The highest BCUT2D eigenvalue weighted by Gasteiger charge is 2.09. The maximum atomic E-state index is 8.96. The van der Waals surface area contributed by atoms with Gasteiger partial charge >= 0.3 is 0 Å². The van der Waals surface area contributed by atoms with Crippen molar-refractivity contribution in [3.8, 4) is 12.1 Å².